The third kappa shape index (κ3) is 4.56. The van der Waals surface area contributed by atoms with Gasteiger partial charge in [-0.15, -0.1) is 6.58 Å². The number of hydrogen-bond donors (Lipinski definition) is 1. The maximum atomic E-state index is 11.2. The molecule has 27 heavy (non-hydrogen) atoms. The number of hydrogen-bond acceptors (Lipinski definition) is 4. The molecule has 5 heteroatoms. The smallest absolute Gasteiger partial charge is 0.335 e. The lowest BCUT2D eigenvalue weighted by Crippen LogP contribution is -2.47. The van der Waals surface area contributed by atoms with Gasteiger partial charge in [0, 0.05) is 32.7 Å². The molecule has 2 aromatic carbocycles. The molecule has 1 fully saturated rings. The lowest BCUT2D eigenvalue weighted by molar-refractivity contribution is 0.0697. The molecule has 0 aliphatic carbocycles. The van der Waals surface area contributed by atoms with E-state index < -0.39 is 5.97 Å². The van der Waals surface area contributed by atoms with Crippen molar-refractivity contribution < 1.29 is 14.6 Å². The zero-order chi connectivity index (χ0) is 19.2. The lowest BCUT2D eigenvalue weighted by Gasteiger charge is -2.39. The number of ether oxygens (including phenoxy) is 1. The largest absolute Gasteiger partial charge is 0.497 e. The Morgan fingerprint density at radius 1 is 1.15 bits per heavy atom. The Kier molecular flexibility index (Phi) is 6.27. The summed E-state index contributed by atoms with van der Waals surface area (Å²) in [6.07, 6.45) is 1.94. The zero-order valence-electron chi connectivity index (χ0n) is 15.7. The van der Waals surface area contributed by atoms with Gasteiger partial charge in [0.25, 0.3) is 0 Å². The van der Waals surface area contributed by atoms with E-state index in [0.717, 1.165) is 49.6 Å². The maximum absolute atomic E-state index is 11.2. The Labute approximate surface area is 160 Å². The van der Waals surface area contributed by atoms with Gasteiger partial charge in [-0.1, -0.05) is 30.3 Å². The van der Waals surface area contributed by atoms with Gasteiger partial charge in [0.1, 0.15) is 5.75 Å². The maximum Gasteiger partial charge on any atom is 0.335 e. The van der Waals surface area contributed by atoms with Gasteiger partial charge >= 0.3 is 5.97 Å². The van der Waals surface area contributed by atoms with E-state index in [9.17, 15) is 9.90 Å². The fourth-order valence-corrected chi connectivity index (χ4v) is 3.62. The first-order valence-corrected chi connectivity index (χ1v) is 9.17. The number of carboxylic acid groups (broad SMARTS) is 1. The van der Waals surface area contributed by atoms with Gasteiger partial charge in [0.15, 0.2) is 0 Å². The minimum atomic E-state index is -0.905. The van der Waals surface area contributed by atoms with Crippen LogP contribution in [-0.4, -0.2) is 60.7 Å². The van der Waals surface area contributed by atoms with Crippen LogP contribution >= 0.6 is 0 Å². The van der Waals surface area contributed by atoms with E-state index >= 15 is 0 Å². The minimum absolute atomic E-state index is 0.0637. The van der Waals surface area contributed by atoms with Crippen LogP contribution in [0.1, 0.15) is 27.5 Å². The highest BCUT2D eigenvalue weighted by molar-refractivity contribution is 5.87. The molecule has 0 saturated carbocycles. The Hall–Kier alpha value is -2.63. The Morgan fingerprint density at radius 2 is 1.85 bits per heavy atom. The summed E-state index contributed by atoms with van der Waals surface area (Å²) in [5.74, 6) is -0.0810. The van der Waals surface area contributed by atoms with Crippen molar-refractivity contribution in [1.29, 1.82) is 0 Å². The molecule has 0 bridgehead atoms. The molecular weight excluding hydrogens is 340 g/mol. The quantitative estimate of drug-likeness (QED) is 0.762. The molecule has 1 N–H and O–H groups in total. The van der Waals surface area contributed by atoms with Crippen LogP contribution in [0.2, 0.25) is 0 Å². The van der Waals surface area contributed by atoms with Crippen molar-refractivity contribution in [3.63, 3.8) is 0 Å². The Bertz CT molecular complexity index is 780. The summed E-state index contributed by atoms with van der Waals surface area (Å²) in [6, 6.07) is 15.4. The molecule has 3 rings (SSSR count). The molecule has 1 atom stereocenters. The normalized spacial score (nSPS) is 16.6. The van der Waals surface area contributed by atoms with Crippen LogP contribution in [0.25, 0.3) is 0 Å². The van der Waals surface area contributed by atoms with Crippen molar-refractivity contribution in [2.75, 3.05) is 39.8 Å². The molecule has 1 aliphatic rings. The molecule has 0 amide bonds. The molecule has 1 saturated heterocycles. The summed E-state index contributed by atoms with van der Waals surface area (Å²) in [7, 11) is 1.67. The molecule has 142 valence electrons. The van der Waals surface area contributed by atoms with Crippen molar-refractivity contribution in [2.24, 2.45) is 0 Å². The predicted octanol–water partition coefficient (Wildman–Crippen LogP) is 3.29. The number of rotatable bonds is 7. The van der Waals surface area contributed by atoms with E-state index in [4.69, 9.17) is 4.74 Å². The fraction of sp³-hybridized carbons (Fsp3) is 0.318. The second kappa shape index (κ2) is 8.84. The predicted molar refractivity (Wildman–Crippen MR) is 106 cm³/mol. The van der Waals surface area contributed by atoms with Crippen molar-refractivity contribution >= 4 is 5.97 Å². The number of carboxylic acids is 1. The second-order valence-corrected chi connectivity index (χ2v) is 6.73. The number of methoxy groups -OCH3 is 1. The van der Waals surface area contributed by atoms with Gasteiger partial charge in [-0.25, -0.2) is 4.79 Å². The van der Waals surface area contributed by atoms with E-state index in [2.05, 4.69) is 28.5 Å². The number of carbonyl (C=O) groups is 1. The summed E-state index contributed by atoms with van der Waals surface area (Å²) in [5, 5.41) is 9.19. The van der Waals surface area contributed by atoms with Crippen molar-refractivity contribution in [1.82, 2.24) is 9.80 Å². The van der Waals surface area contributed by atoms with Crippen molar-refractivity contribution in [2.45, 2.75) is 6.04 Å². The highest BCUT2D eigenvalue weighted by Gasteiger charge is 2.26. The highest BCUT2D eigenvalue weighted by Crippen LogP contribution is 2.31. The van der Waals surface area contributed by atoms with Gasteiger partial charge in [0.05, 0.1) is 18.7 Å². The SMILES string of the molecule is C=CCN1CCN(C(c2ccc(C(=O)O)cc2)c2cccc(OC)c2)CC1. The Morgan fingerprint density at radius 3 is 2.44 bits per heavy atom. The first kappa shape index (κ1) is 19.1. The highest BCUT2D eigenvalue weighted by atomic mass is 16.5. The lowest BCUT2D eigenvalue weighted by atomic mass is 9.95. The van der Waals surface area contributed by atoms with Crippen LogP contribution in [0.15, 0.2) is 61.2 Å². The number of benzene rings is 2. The van der Waals surface area contributed by atoms with Gasteiger partial charge in [-0.2, -0.15) is 0 Å². The molecule has 2 aromatic rings. The fourth-order valence-electron chi connectivity index (χ4n) is 3.62. The minimum Gasteiger partial charge on any atom is -0.497 e. The summed E-state index contributed by atoms with van der Waals surface area (Å²) in [5.41, 5.74) is 2.54. The van der Waals surface area contributed by atoms with Gasteiger partial charge < -0.3 is 9.84 Å². The third-order valence-corrected chi connectivity index (χ3v) is 5.04. The van der Waals surface area contributed by atoms with Crippen LogP contribution in [-0.2, 0) is 0 Å². The van der Waals surface area contributed by atoms with Crippen LogP contribution in [0.3, 0.4) is 0 Å². The average molecular weight is 366 g/mol. The van der Waals surface area contributed by atoms with Crippen LogP contribution in [0, 0.1) is 0 Å². The number of nitrogens with zero attached hydrogens (tertiary/aromatic N) is 2. The molecule has 5 nitrogen and oxygen atoms in total. The van der Waals surface area contributed by atoms with E-state index in [0.29, 0.717) is 5.56 Å². The molecular formula is C22H26N2O3. The van der Waals surface area contributed by atoms with Crippen LogP contribution in [0.4, 0.5) is 0 Å². The monoisotopic (exact) mass is 366 g/mol. The van der Waals surface area contributed by atoms with E-state index in [-0.39, 0.29) is 6.04 Å². The second-order valence-electron chi connectivity index (χ2n) is 6.73. The summed E-state index contributed by atoms with van der Waals surface area (Å²) >= 11 is 0. The number of aromatic carboxylic acids is 1. The van der Waals surface area contributed by atoms with Crippen LogP contribution < -0.4 is 4.74 Å². The van der Waals surface area contributed by atoms with Crippen molar-refractivity contribution in [3.8, 4) is 5.75 Å². The van der Waals surface area contributed by atoms with E-state index in [1.807, 2.05) is 30.3 Å². The van der Waals surface area contributed by atoms with E-state index in [1.54, 1.807) is 19.2 Å². The summed E-state index contributed by atoms with van der Waals surface area (Å²) in [4.78, 5) is 16.0. The standard InChI is InChI=1S/C22H26N2O3/c1-3-11-23-12-14-24(15-13-23)21(19-5-4-6-20(16-19)27-2)17-7-9-18(10-8-17)22(25)26/h3-10,16,21H,1,11-15H2,2H3,(H,25,26). The van der Waals surface area contributed by atoms with E-state index in [1.165, 1.54) is 0 Å². The van der Waals surface area contributed by atoms with Gasteiger partial charge in [-0.05, 0) is 35.4 Å². The summed E-state index contributed by atoms with van der Waals surface area (Å²) in [6.45, 7) is 8.59. The number of piperazine rings is 1. The molecule has 0 aromatic heterocycles. The molecule has 1 unspecified atom stereocenters. The van der Waals surface area contributed by atoms with Crippen molar-refractivity contribution in [3.05, 3.63) is 77.9 Å². The molecule has 1 aliphatic heterocycles. The van der Waals surface area contributed by atoms with Gasteiger partial charge in [0.2, 0.25) is 0 Å². The van der Waals surface area contributed by atoms with Gasteiger partial charge in [-0.3, -0.25) is 9.80 Å². The first-order valence-electron chi connectivity index (χ1n) is 9.17. The summed E-state index contributed by atoms with van der Waals surface area (Å²) < 4.78 is 5.41. The zero-order valence-corrected chi connectivity index (χ0v) is 15.7. The average Bonchev–Trinajstić information content (AvgIpc) is 2.70. The molecule has 0 spiro atoms. The topological polar surface area (TPSA) is 53.0 Å². The Balaban J connectivity index is 1.91. The van der Waals surface area contributed by atoms with Crippen LogP contribution in [0.5, 0.6) is 5.75 Å². The third-order valence-electron chi connectivity index (χ3n) is 5.04. The molecule has 1 heterocycles. The first-order chi connectivity index (χ1) is 13.1. The molecule has 0 radical (unpaired) electrons.